The van der Waals surface area contributed by atoms with Crippen LogP contribution in [0, 0.1) is 0 Å². The fraction of sp³-hybridized carbons (Fsp3) is 0.243. The SMILES string of the molecule is [2H]c1c([2H])c([2H])c2c(c1[2H])c(C(C)(C)C)c([2H])n2-c1ccc(C([2H])([2H])c2ccc(-n3c([2H])c(C(C)(C)C)c4c([2H])c([2H])c([2H])c([2H])c43)cc2)cc1. The summed E-state index contributed by atoms with van der Waals surface area (Å²) in [5.41, 5.74) is 1.63. The Morgan fingerprint density at radius 2 is 0.923 bits per heavy atom. The van der Waals surface area contributed by atoms with E-state index < -0.39 is 29.3 Å². The molecule has 6 aromatic rings. The standard InChI is InChI=1S/C37H38N2/c1-36(2,3)32-24-38(34-13-9-7-11-30(32)34)28-19-15-26(16-20-28)23-27-17-21-29(22-18-27)39-25-33(37(4,5)6)31-12-8-10-14-35(31)39/h7-22,24-25H,23H2,1-6H3/i7D,8D,9D,10D,11D,12D,13D,14D,23D2,24D,25D. The van der Waals surface area contributed by atoms with Crippen molar-refractivity contribution in [3.8, 4) is 11.4 Å². The number of hydrogen-bond acceptors (Lipinski definition) is 0. The lowest BCUT2D eigenvalue weighted by Crippen LogP contribution is -2.10. The quantitative estimate of drug-likeness (QED) is 0.218. The van der Waals surface area contributed by atoms with Crippen LogP contribution < -0.4 is 0 Å². The van der Waals surface area contributed by atoms with Crippen LogP contribution in [0.3, 0.4) is 0 Å². The number of hydrogen-bond donors (Lipinski definition) is 0. The zero-order valence-corrected chi connectivity index (χ0v) is 23.0. The topological polar surface area (TPSA) is 9.86 Å². The molecule has 0 aliphatic rings. The number of benzene rings is 4. The average Bonchev–Trinajstić information content (AvgIpc) is 3.56. The fourth-order valence-electron chi connectivity index (χ4n) is 4.78. The molecule has 0 saturated heterocycles. The van der Waals surface area contributed by atoms with Crippen LogP contribution in [-0.2, 0) is 17.2 Å². The molecule has 0 aliphatic carbocycles. The predicted molar refractivity (Wildman–Crippen MR) is 167 cm³/mol. The Hall–Kier alpha value is -4.04. The van der Waals surface area contributed by atoms with Crippen LogP contribution in [0.2, 0.25) is 0 Å². The molecule has 0 atom stereocenters. The third-order valence-electron chi connectivity index (χ3n) is 6.77. The van der Waals surface area contributed by atoms with Crippen LogP contribution in [0.15, 0.2) is 109 Å². The molecule has 0 N–H and O–H groups in total. The van der Waals surface area contributed by atoms with Crippen molar-refractivity contribution < 1.29 is 16.4 Å². The largest absolute Gasteiger partial charge is 0.316 e. The van der Waals surface area contributed by atoms with E-state index in [0.717, 1.165) is 0 Å². The molecule has 0 spiro atoms. The van der Waals surface area contributed by atoms with Gasteiger partial charge in [-0.2, -0.15) is 0 Å². The van der Waals surface area contributed by atoms with Gasteiger partial charge in [-0.25, -0.2) is 0 Å². The average molecular weight is 523 g/mol. The van der Waals surface area contributed by atoms with Gasteiger partial charge in [-0.1, -0.05) is 102 Å². The predicted octanol–water partition coefficient (Wildman–Crippen LogP) is 9.76. The van der Waals surface area contributed by atoms with E-state index in [0.29, 0.717) is 33.6 Å². The highest BCUT2D eigenvalue weighted by molar-refractivity contribution is 5.87. The number of rotatable bonds is 4. The van der Waals surface area contributed by atoms with Crippen LogP contribution >= 0.6 is 0 Å². The summed E-state index contributed by atoms with van der Waals surface area (Å²) in [6.07, 6.45) is -1.94. The van der Waals surface area contributed by atoms with Crippen molar-refractivity contribution in [1.29, 1.82) is 0 Å². The molecule has 0 aliphatic heterocycles. The van der Waals surface area contributed by atoms with Crippen molar-refractivity contribution >= 4 is 21.8 Å². The second-order valence-corrected chi connectivity index (χ2v) is 11.8. The molecule has 0 unspecified atom stereocenters. The molecule has 0 fully saturated rings. The summed E-state index contributed by atoms with van der Waals surface area (Å²) in [6.45, 7) is 11.3. The van der Waals surface area contributed by atoms with Crippen LogP contribution in [0.5, 0.6) is 0 Å². The molecule has 0 bridgehead atoms. The monoisotopic (exact) mass is 522 g/mol. The number of para-hydroxylation sites is 2. The third-order valence-corrected chi connectivity index (χ3v) is 6.77. The first kappa shape index (κ1) is 14.9. The summed E-state index contributed by atoms with van der Waals surface area (Å²) < 4.78 is 107. The molecule has 2 heterocycles. The van der Waals surface area contributed by atoms with Gasteiger partial charge in [0.1, 0.15) is 0 Å². The molecule has 2 nitrogen and oxygen atoms in total. The van der Waals surface area contributed by atoms with E-state index >= 15 is 0 Å². The van der Waals surface area contributed by atoms with Gasteiger partial charge in [0.25, 0.3) is 0 Å². The summed E-state index contributed by atoms with van der Waals surface area (Å²) in [6, 6.07) is 10.4. The maximum atomic E-state index is 9.10. The summed E-state index contributed by atoms with van der Waals surface area (Å²) in [5, 5.41) is 0.573. The molecule has 0 saturated carbocycles. The lowest BCUT2D eigenvalue weighted by molar-refractivity contribution is 0.594. The van der Waals surface area contributed by atoms with Crippen LogP contribution in [0.1, 0.15) is 80.2 Å². The molecular formula is C37H38N2. The van der Waals surface area contributed by atoms with E-state index in [-0.39, 0.29) is 70.4 Å². The number of aromatic nitrogens is 2. The van der Waals surface area contributed by atoms with Crippen LogP contribution in [0.4, 0.5) is 0 Å². The van der Waals surface area contributed by atoms with Crippen molar-refractivity contribution in [2.75, 3.05) is 0 Å². The van der Waals surface area contributed by atoms with Gasteiger partial charge in [0.2, 0.25) is 0 Å². The van der Waals surface area contributed by atoms with E-state index in [1.54, 1.807) is 48.5 Å². The first-order valence-corrected chi connectivity index (χ1v) is 13.0. The van der Waals surface area contributed by atoms with Crippen molar-refractivity contribution in [2.45, 2.75) is 58.7 Å². The first-order chi connectivity index (χ1) is 23.5. The summed E-state index contributed by atoms with van der Waals surface area (Å²) in [4.78, 5) is 0. The van der Waals surface area contributed by atoms with Crippen molar-refractivity contribution in [3.05, 3.63) is 131 Å². The smallest absolute Gasteiger partial charge is 0.0826 e. The second kappa shape index (κ2) is 9.31. The Labute approximate surface area is 249 Å². The molecule has 6 rings (SSSR count). The van der Waals surface area contributed by atoms with Crippen LogP contribution in [-0.4, -0.2) is 9.13 Å². The maximum absolute atomic E-state index is 9.10. The Balaban J connectivity index is 1.45. The molecule has 2 heteroatoms. The lowest BCUT2D eigenvalue weighted by Gasteiger charge is -2.17. The number of nitrogens with zero attached hydrogens (tertiary/aromatic N) is 2. The maximum Gasteiger partial charge on any atom is 0.0826 e. The summed E-state index contributed by atoms with van der Waals surface area (Å²) >= 11 is 0. The van der Waals surface area contributed by atoms with Crippen molar-refractivity contribution in [3.63, 3.8) is 0 Å². The summed E-state index contributed by atoms with van der Waals surface area (Å²) in [5.74, 6) is 0. The molecule has 39 heavy (non-hydrogen) atoms. The van der Waals surface area contributed by atoms with E-state index in [1.807, 2.05) is 41.5 Å². The highest BCUT2D eigenvalue weighted by atomic mass is 15.0. The van der Waals surface area contributed by atoms with Gasteiger partial charge in [-0.05, 0) is 75.8 Å². The van der Waals surface area contributed by atoms with Gasteiger partial charge < -0.3 is 9.13 Å². The number of fused-ring (bicyclic) bond motifs is 2. The minimum Gasteiger partial charge on any atom is -0.316 e. The lowest BCUT2D eigenvalue weighted by atomic mass is 9.87. The zero-order valence-electron chi connectivity index (χ0n) is 35.0. The molecule has 4 aromatic carbocycles. The normalized spacial score (nSPS) is 17.2. The molecule has 196 valence electrons. The molecule has 2 aromatic heterocycles. The van der Waals surface area contributed by atoms with E-state index in [4.69, 9.17) is 16.4 Å². The van der Waals surface area contributed by atoms with Crippen molar-refractivity contribution in [1.82, 2.24) is 9.13 Å². The Kier molecular flexibility index (Phi) is 3.56. The van der Waals surface area contributed by atoms with Gasteiger partial charge in [0.15, 0.2) is 0 Å². The van der Waals surface area contributed by atoms with Gasteiger partial charge in [0.05, 0.1) is 24.7 Å². The Bertz CT molecular complexity index is 2220. The summed E-state index contributed by atoms with van der Waals surface area (Å²) in [7, 11) is 0. The van der Waals surface area contributed by atoms with E-state index in [2.05, 4.69) is 0 Å². The second-order valence-electron chi connectivity index (χ2n) is 11.8. The van der Waals surface area contributed by atoms with E-state index in [1.165, 1.54) is 9.13 Å². The Morgan fingerprint density at radius 1 is 0.564 bits per heavy atom. The molecule has 0 radical (unpaired) electrons. The third kappa shape index (κ3) is 4.69. The molecule has 0 amide bonds. The first-order valence-electron chi connectivity index (χ1n) is 19.0. The molecular weight excluding hydrogens is 472 g/mol. The zero-order chi connectivity index (χ0) is 37.9. The van der Waals surface area contributed by atoms with E-state index in [9.17, 15) is 0 Å². The van der Waals surface area contributed by atoms with Gasteiger partial charge in [-0.15, -0.1) is 0 Å². The van der Waals surface area contributed by atoms with Gasteiger partial charge in [0, 0.05) is 37.2 Å². The highest BCUT2D eigenvalue weighted by Crippen LogP contribution is 2.35. The minimum absolute atomic E-state index is 0.0293. The highest BCUT2D eigenvalue weighted by Gasteiger charge is 2.21. The van der Waals surface area contributed by atoms with Crippen molar-refractivity contribution in [2.24, 2.45) is 0 Å². The van der Waals surface area contributed by atoms with Crippen LogP contribution in [0.25, 0.3) is 33.2 Å². The minimum atomic E-state index is -2.00. The van der Waals surface area contributed by atoms with Gasteiger partial charge in [-0.3, -0.25) is 0 Å². The van der Waals surface area contributed by atoms with Gasteiger partial charge >= 0.3 is 0 Å². The Morgan fingerprint density at radius 3 is 1.28 bits per heavy atom. The fourth-order valence-corrected chi connectivity index (χ4v) is 4.78.